The van der Waals surface area contributed by atoms with Crippen LogP contribution in [0.5, 0.6) is 0 Å². The van der Waals surface area contributed by atoms with Crippen LogP contribution in [0.4, 0.5) is 0 Å². The van der Waals surface area contributed by atoms with Gasteiger partial charge in [0.1, 0.15) is 5.82 Å². The van der Waals surface area contributed by atoms with Crippen molar-refractivity contribution < 1.29 is 4.79 Å². The van der Waals surface area contributed by atoms with E-state index in [4.69, 9.17) is 11.4 Å². The zero-order valence-electron chi connectivity index (χ0n) is 14.0. The Morgan fingerprint density at radius 2 is 2.04 bits per heavy atom. The molecule has 3 heterocycles. The maximum Gasteiger partial charge on any atom is 0.223 e. The molecule has 2 aliphatic heterocycles. The van der Waals surface area contributed by atoms with Crippen LogP contribution in [-0.2, 0) is 30.7 Å². The van der Waals surface area contributed by atoms with Crippen LogP contribution in [0.3, 0.4) is 0 Å². The van der Waals surface area contributed by atoms with Crippen LogP contribution >= 0.6 is 0 Å². The summed E-state index contributed by atoms with van der Waals surface area (Å²) in [5.41, 5.74) is 2.30. The smallest absolute Gasteiger partial charge is 0.223 e. The van der Waals surface area contributed by atoms with Gasteiger partial charge < -0.3 is 9.47 Å². The third kappa shape index (κ3) is 2.83. The number of fused-ring (bicyclic) bond motifs is 3. The maximum absolute atomic E-state index is 12.6. The van der Waals surface area contributed by atoms with E-state index in [-0.39, 0.29) is 11.6 Å². The highest BCUT2D eigenvalue weighted by Gasteiger charge is 2.40. The van der Waals surface area contributed by atoms with Crippen molar-refractivity contribution in [1.29, 1.82) is 0 Å². The van der Waals surface area contributed by atoms with Crippen molar-refractivity contribution in [2.75, 3.05) is 6.54 Å². The van der Waals surface area contributed by atoms with Gasteiger partial charge in [-0.15, -0.1) is 12.3 Å². The molecule has 0 spiro atoms. The zero-order valence-corrected chi connectivity index (χ0v) is 14.0. The number of imidazole rings is 1. The van der Waals surface area contributed by atoms with Crippen molar-refractivity contribution >= 4 is 5.91 Å². The van der Waals surface area contributed by atoms with Crippen molar-refractivity contribution in [3.05, 3.63) is 17.2 Å². The van der Waals surface area contributed by atoms with Crippen LogP contribution in [0.15, 0.2) is 10.2 Å². The topological polar surface area (TPSA) is 62.9 Å². The number of carbonyl (C=O) groups excluding carboxylic acids is 1. The molecule has 0 saturated carbocycles. The Balaban J connectivity index is 1.36. The van der Waals surface area contributed by atoms with Crippen molar-refractivity contribution in [3.8, 4) is 12.3 Å². The quantitative estimate of drug-likeness (QED) is 0.781. The molecule has 1 amide bonds. The van der Waals surface area contributed by atoms with E-state index in [1.165, 1.54) is 24.2 Å². The van der Waals surface area contributed by atoms with Gasteiger partial charge in [0.2, 0.25) is 5.91 Å². The molecule has 126 valence electrons. The Kier molecular flexibility index (Phi) is 3.87. The highest BCUT2D eigenvalue weighted by molar-refractivity contribution is 5.76. The molecule has 3 aliphatic rings. The second kappa shape index (κ2) is 6.04. The molecule has 6 nitrogen and oxygen atoms in total. The summed E-state index contributed by atoms with van der Waals surface area (Å²) in [6.45, 7) is 2.29. The molecule has 6 heteroatoms. The number of carbonyl (C=O) groups is 1. The van der Waals surface area contributed by atoms with Crippen LogP contribution in [0, 0.1) is 12.3 Å². The molecule has 0 fully saturated rings. The third-order valence-electron chi connectivity index (χ3n) is 5.38. The van der Waals surface area contributed by atoms with Crippen molar-refractivity contribution in [1.82, 2.24) is 14.5 Å². The van der Waals surface area contributed by atoms with Gasteiger partial charge in [0.15, 0.2) is 5.66 Å². The van der Waals surface area contributed by atoms with Gasteiger partial charge in [-0.25, -0.2) is 4.98 Å². The summed E-state index contributed by atoms with van der Waals surface area (Å²) in [6.07, 6.45) is 12.6. The molecule has 0 N–H and O–H groups in total. The predicted molar refractivity (Wildman–Crippen MR) is 89.2 cm³/mol. The lowest BCUT2D eigenvalue weighted by atomic mass is 10.0. The fourth-order valence-electron chi connectivity index (χ4n) is 3.86. The highest BCUT2D eigenvalue weighted by Crippen LogP contribution is 2.38. The summed E-state index contributed by atoms with van der Waals surface area (Å²) in [7, 11) is 0. The first-order valence-electron chi connectivity index (χ1n) is 8.93. The van der Waals surface area contributed by atoms with E-state index in [2.05, 4.69) is 20.7 Å². The van der Waals surface area contributed by atoms with Gasteiger partial charge in [-0.3, -0.25) is 4.79 Å². The lowest BCUT2D eigenvalue weighted by Gasteiger charge is -2.29. The lowest BCUT2D eigenvalue weighted by molar-refractivity contribution is -0.133. The average Bonchev–Trinajstić information content (AvgIpc) is 3.29. The summed E-state index contributed by atoms with van der Waals surface area (Å²) in [6, 6.07) is 0. The summed E-state index contributed by atoms with van der Waals surface area (Å²) in [5.74, 6) is 3.86. The SMILES string of the molecule is C#CCCC1(CCC(=O)N2CCn3c(nc4c3CCCC4)C2)N=N1. The van der Waals surface area contributed by atoms with Gasteiger partial charge in [0.25, 0.3) is 0 Å². The van der Waals surface area contributed by atoms with Crippen LogP contribution < -0.4 is 0 Å². The maximum atomic E-state index is 12.6. The fraction of sp³-hybridized carbons (Fsp3) is 0.667. The number of hydrogen-bond donors (Lipinski definition) is 0. The minimum Gasteiger partial charge on any atom is -0.333 e. The van der Waals surface area contributed by atoms with E-state index in [1.54, 1.807) is 0 Å². The van der Waals surface area contributed by atoms with Gasteiger partial charge in [-0.1, -0.05) is 0 Å². The molecular weight excluding hydrogens is 302 g/mol. The normalized spacial score (nSPS) is 20.2. The molecule has 1 aromatic heterocycles. The van der Waals surface area contributed by atoms with Gasteiger partial charge in [-0.05, 0) is 25.7 Å². The molecule has 0 radical (unpaired) electrons. The molecule has 0 aromatic carbocycles. The van der Waals surface area contributed by atoms with E-state index >= 15 is 0 Å². The number of nitrogens with zero attached hydrogens (tertiary/aromatic N) is 5. The summed E-state index contributed by atoms with van der Waals surface area (Å²) in [5, 5.41) is 8.22. The third-order valence-corrected chi connectivity index (χ3v) is 5.38. The fourth-order valence-corrected chi connectivity index (χ4v) is 3.86. The predicted octanol–water partition coefficient (Wildman–Crippen LogP) is 2.46. The molecule has 1 aliphatic carbocycles. The first-order chi connectivity index (χ1) is 11.7. The van der Waals surface area contributed by atoms with E-state index in [1.807, 2.05) is 4.90 Å². The second-order valence-corrected chi connectivity index (χ2v) is 6.98. The molecule has 0 atom stereocenters. The number of aromatic nitrogens is 2. The first kappa shape index (κ1) is 15.4. The van der Waals surface area contributed by atoms with E-state index in [0.717, 1.165) is 38.2 Å². The average molecular weight is 325 g/mol. The van der Waals surface area contributed by atoms with E-state index in [9.17, 15) is 4.79 Å². The first-order valence-corrected chi connectivity index (χ1v) is 8.93. The van der Waals surface area contributed by atoms with Crippen molar-refractivity contribution in [2.45, 2.75) is 70.1 Å². The van der Waals surface area contributed by atoms with Crippen LogP contribution in [-0.4, -0.2) is 32.6 Å². The number of terminal acetylenes is 1. The van der Waals surface area contributed by atoms with Gasteiger partial charge in [-0.2, -0.15) is 10.2 Å². The molecular formula is C18H23N5O. The standard InChI is InChI=1S/C18H23N5O/c1-2-3-9-18(20-21-18)10-8-17(24)22-11-12-23-15-7-5-4-6-14(15)19-16(23)13-22/h1H,3-13H2. The lowest BCUT2D eigenvalue weighted by Crippen LogP contribution is -2.39. The van der Waals surface area contributed by atoms with Crippen molar-refractivity contribution in [3.63, 3.8) is 0 Å². The highest BCUT2D eigenvalue weighted by atomic mass is 16.2. The summed E-state index contributed by atoms with van der Waals surface area (Å²) in [4.78, 5) is 19.3. The minimum absolute atomic E-state index is 0.180. The largest absolute Gasteiger partial charge is 0.333 e. The van der Waals surface area contributed by atoms with E-state index < -0.39 is 0 Å². The van der Waals surface area contributed by atoms with Gasteiger partial charge in [0.05, 0.1) is 12.2 Å². The summed E-state index contributed by atoms with van der Waals surface area (Å²) < 4.78 is 2.35. The zero-order chi connectivity index (χ0) is 16.6. The minimum atomic E-state index is -0.366. The molecule has 0 saturated heterocycles. The van der Waals surface area contributed by atoms with Crippen LogP contribution in [0.2, 0.25) is 0 Å². The molecule has 1 aromatic rings. The number of amides is 1. The van der Waals surface area contributed by atoms with Gasteiger partial charge in [0, 0.05) is 44.5 Å². The Morgan fingerprint density at radius 1 is 1.21 bits per heavy atom. The van der Waals surface area contributed by atoms with E-state index in [0.29, 0.717) is 25.8 Å². The number of hydrogen-bond acceptors (Lipinski definition) is 4. The Bertz CT molecular complexity index is 721. The van der Waals surface area contributed by atoms with Crippen molar-refractivity contribution in [2.24, 2.45) is 10.2 Å². The molecule has 4 rings (SSSR count). The summed E-state index contributed by atoms with van der Waals surface area (Å²) >= 11 is 0. The molecule has 0 unspecified atom stereocenters. The van der Waals surface area contributed by atoms with Gasteiger partial charge >= 0.3 is 0 Å². The Hall–Kier alpha value is -2.16. The van der Waals surface area contributed by atoms with Crippen LogP contribution in [0.25, 0.3) is 0 Å². The number of aryl methyl sites for hydroxylation is 1. The Morgan fingerprint density at radius 3 is 2.83 bits per heavy atom. The second-order valence-electron chi connectivity index (χ2n) is 6.98. The van der Waals surface area contributed by atoms with Crippen LogP contribution in [0.1, 0.15) is 55.7 Å². The Labute approximate surface area is 142 Å². The number of rotatable bonds is 5. The molecule has 0 bridgehead atoms. The molecule has 24 heavy (non-hydrogen) atoms. The monoisotopic (exact) mass is 325 g/mol.